The predicted octanol–water partition coefficient (Wildman–Crippen LogP) is 15.0. The van der Waals surface area contributed by atoms with Crippen molar-refractivity contribution >= 4 is 43.7 Å². The van der Waals surface area contributed by atoms with Gasteiger partial charge in [-0.05, 0) is 128 Å². The molecule has 0 N–H and O–H groups in total. The number of hydrogen-bond acceptors (Lipinski definition) is 1. The van der Waals surface area contributed by atoms with Crippen LogP contribution in [0.25, 0.3) is 105 Å². The summed E-state index contributed by atoms with van der Waals surface area (Å²) in [4.78, 5) is 0. The molecule has 2 nitrogen and oxygen atoms in total. The second kappa shape index (κ2) is 13.2. The van der Waals surface area contributed by atoms with Crippen LogP contribution in [-0.2, 0) is 0 Å². The van der Waals surface area contributed by atoms with Crippen molar-refractivity contribution in [3.8, 4) is 61.3 Å². The number of furan rings is 1. The smallest absolute Gasteiger partial charge is 0.135 e. The molecule has 0 atom stereocenters. The Kier molecular flexibility index (Phi) is 7.53. The summed E-state index contributed by atoms with van der Waals surface area (Å²) in [6.07, 6.45) is 0. The first-order valence-electron chi connectivity index (χ1n) is 19.2. The molecular formula is C54H35NO. The summed E-state index contributed by atoms with van der Waals surface area (Å²) < 4.78 is 8.80. The zero-order valence-corrected chi connectivity index (χ0v) is 30.6. The lowest BCUT2D eigenvalue weighted by molar-refractivity contribution is 0.669. The topological polar surface area (TPSA) is 18.1 Å². The van der Waals surface area contributed by atoms with Crippen LogP contribution in [0.2, 0.25) is 0 Å². The number of para-hydroxylation sites is 1. The van der Waals surface area contributed by atoms with Gasteiger partial charge in [0.05, 0.1) is 11.0 Å². The van der Waals surface area contributed by atoms with Crippen LogP contribution in [0.3, 0.4) is 0 Å². The number of hydrogen-bond donors (Lipinski definition) is 0. The van der Waals surface area contributed by atoms with E-state index in [2.05, 4.69) is 217 Å². The molecule has 56 heavy (non-hydrogen) atoms. The molecule has 0 amide bonds. The van der Waals surface area contributed by atoms with Gasteiger partial charge in [0.1, 0.15) is 11.2 Å². The highest BCUT2D eigenvalue weighted by Gasteiger charge is 2.16. The zero-order valence-electron chi connectivity index (χ0n) is 30.6. The summed E-state index contributed by atoms with van der Waals surface area (Å²) >= 11 is 0. The number of benzene rings is 9. The van der Waals surface area contributed by atoms with E-state index in [1.54, 1.807) is 0 Å². The molecule has 0 radical (unpaired) electrons. The Morgan fingerprint density at radius 2 is 0.589 bits per heavy atom. The van der Waals surface area contributed by atoms with E-state index < -0.39 is 0 Å². The fourth-order valence-corrected chi connectivity index (χ4v) is 8.39. The molecule has 2 heteroatoms. The van der Waals surface area contributed by atoms with E-state index in [9.17, 15) is 0 Å². The van der Waals surface area contributed by atoms with Crippen molar-refractivity contribution in [3.63, 3.8) is 0 Å². The van der Waals surface area contributed by atoms with Crippen LogP contribution in [0.5, 0.6) is 0 Å². The summed E-state index contributed by atoms with van der Waals surface area (Å²) in [5, 5.41) is 4.70. The van der Waals surface area contributed by atoms with Gasteiger partial charge in [-0.3, -0.25) is 0 Å². The first-order chi connectivity index (χ1) is 27.7. The fourth-order valence-electron chi connectivity index (χ4n) is 8.39. The van der Waals surface area contributed by atoms with Gasteiger partial charge in [0, 0.05) is 27.2 Å². The Balaban J connectivity index is 1.01. The van der Waals surface area contributed by atoms with Crippen molar-refractivity contribution in [2.45, 2.75) is 0 Å². The fraction of sp³-hybridized carbons (Fsp3) is 0. The van der Waals surface area contributed by atoms with Crippen LogP contribution >= 0.6 is 0 Å². The molecule has 2 aromatic heterocycles. The predicted molar refractivity (Wildman–Crippen MR) is 235 cm³/mol. The molecule has 11 rings (SSSR count). The van der Waals surface area contributed by atoms with Gasteiger partial charge in [-0.15, -0.1) is 0 Å². The number of rotatable bonds is 6. The third kappa shape index (κ3) is 5.51. The Hall–Kier alpha value is -7.42. The van der Waals surface area contributed by atoms with Crippen molar-refractivity contribution in [2.75, 3.05) is 0 Å². The quantitative estimate of drug-likeness (QED) is 0.168. The highest BCUT2D eigenvalue weighted by atomic mass is 16.3. The maximum absolute atomic E-state index is 6.41. The summed E-state index contributed by atoms with van der Waals surface area (Å²) in [7, 11) is 0. The normalized spacial score (nSPS) is 11.6. The molecule has 0 saturated heterocycles. The molecule has 262 valence electrons. The van der Waals surface area contributed by atoms with E-state index in [-0.39, 0.29) is 0 Å². The molecule has 0 fully saturated rings. The molecule has 0 aliphatic heterocycles. The monoisotopic (exact) mass is 713 g/mol. The third-order valence-electron chi connectivity index (χ3n) is 11.2. The minimum Gasteiger partial charge on any atom is -0.456 e. The summed E-state index contributed by atoms with van der Waals surface area (Å²) in [6, 6.07) is 76.4. The first kappa shape index (κ1) is 32.0. The van der Waals surface area contributed by atoms with Crippen molar-refractivity contribution < 1.29 is 4.42 Å². The van der Waals surface area contributed by atoms with Crippen LogP contribution in [0.15, 0.2) is 217 Å². The molecule has 0 saturated carbocycles. The molecule has 11 aromatic rings. The minimum atomic E-state index is 0.890. The van der Waals surface area contributed by atoms with Gasteiger partial charge in [0.25, 0.3) is 0 Å². The molecule has 9 aromatic carbocycles. The van der Waals surface area contributed by atoms with Crippen LogP contribution in [0.4, 0.5) is 0 Å². The van der Waals surface area contributed by atoms with Gasteiger partial charge >= 0.3 is 0 Å². The highest BCUT2D eigenvalue weighted by Crippen LogP contribution is 2.40. The summed E-state index contributed by atoms with van der Waals surface area (Å²) in [5.41, 5.74) is 17.3. The van der Waals surface area contributed by atoms with E-state index in [0.717, 1.165) is 38.8 Å². The third-order valence-corrected chi connectivity index (χ3v) is 11.2. The molecular weight excluding hydrogens is 679 g/mol. The number of nitrogens with zero attached hydrogens (tertiary/aromatic N) is 1. The lowest BCUT2D eigenvalue weighted by Crippen LogP contribution is -1.93. The van der Waals surface area contributed by atoms with Gasteiger partial charge in [0.2, 0.25) is 0 Å². The van der Waals surface area contributed by atoms with Gasteiger partial charge in [-0.2, -0.15) is 0 Å². The van der Waals surface area contributed by atoms with Gasteiger partial charge in [-0.1, -0.05) is 140 Å². The van der Waals surface area contributed by atoms with Gasteiger partial charge in [-0.25, -0.2) is 0 Å². The van der Waals surface area contributed by atoms with Crippen molar-refractivity contribution in [3.05, 3.63) is 212 Å². The van der Waals surface area contributed by atoms with Crippen molar-refractivity contribution in [1.82, 2.24) is 4.57 Å². The maximum Gasteiger partial charge on any atom is 0.135 e. The van der Waals surface area contributed by atoms with Crippen LogP contribution in [-0.4, -0.2) is 4.57 Å². The molecule has 0 bridgehead atoms. The second-order valence-corrected chi connectivity index (χ2v) is 14.6. The van der Waals surface area contributed by atoms with E-state index in [1.165, 1.54) is 66.3 Å². The molecule has 0 aliphatic carbocycles. The lowest BCUT2D eigenvalue weighted by atomic mass is 9.95. The highest BCUT2D eigenvalue weighted by molar-refractivity contribution is 6.12. The average Bonchev–Trinajstić information content (AvgIpc) is 3.81. The second-order valence-electron chi connectivity index (χ2n) is 14.6. The van der Waals surface area contributed by atoms with Crippen LogP contribution < -0.4 is 0 Å². The van der Waals surface area contributed by atoms with E-state index >= 15 is 0 Å². The van der Waals surface area contributed by atoms with E-state index in [4.69, 9.17) is 4.42 Å². The Labute approximate surface area is 325 Å². The maximum atomic E-state index is 6.41. The summed E-state index contributed by atoms with van der Waals surface area (Å²) in [5.74, 6) is 0. The molecule has 0 unspecified atom stereocenters. The SMILES string of the molecule is c1ccc(-c2cccc(-c3cccc(-c4ccc5oc6ccc(-c7ccc8c(c7)c7cc(-c9ccccc9)ccc7n8-c7ccccc7)cc6c5c4)c3)c2)cc1. The Morgan fingerprint density at radius 3 is 1.05 bits per heavy atom. The van der Waals surface area contributed by atoms with Crippen LogP contribution in [0, 0.1) is 0 Å². The largest absolute Gasteiger partial charge is 0.456 e. The molecule has 2 heterocycles. The Morgan fingerprint density at radius 1 is 0.250 bits per heavy atom. The molecule has 0 aliphatic rings. The van der Waals surface area contributed by atoms with Crippen molar-refractivity contribution in [1.29, 1.82) is 0 Å². The summed E-state index contributed by atoms with van der Waals surface area (Å²) in [6.45, 7) is 0. The van der Waals surface area contributed by atoms with E-state index in [1.807, 2.05) is 0 Å². The number of aromatic nitrogens is 1. The first-order valence-corrected chi connectivity index (χ1v) is 19.2. The van der Waals surface area contributed by atoms with Gasteiger partial charge in [0.15, 0.2) is 0 Å². The van der Waals surface area contributed by atoms with Gasteiger partial charge < -0.3 is 8.98 Å². The lowest BCUT2D eigenvalue weighted by Gasteiger charge is -2.09. The Bertz CT molecular complexity index is 3230. The van der Waals surface area contributed by atoms with Crippen LogP contribution in [0.1, 0.15) is 0 Å². The molecule has 0 spiro atoms. The van der Waals surface area contributed by atoms with E-state index in [0.29, 0.717) is 0 Å². The van der Waals surface area contributed by atoms with Crippen molar-refractivity contribution in [2.24, 2.45) is 0 Å². The standard InChI is InChI=1S/C54H35NO/c1-4-12-36(13-5-1)38-16-10-17-39(30-38)40-18-11-19-41(31-40)44-24-28-53-49(34-44)50-35-45(25-29-54(50)56-53)43-23-27-52-48(33-43)47-32-42(37-14-6-2-7-15-37)22-26-51(47)55(52)46-20-8-3-9-21-46/h1-35H. The average molecular weight is 714 g/mol. The number of fused-ring (bicyclic) bond motifs is 6. The minimum absolute atomic E-state index is 0.890. The zero-order chi connectivity index (χ0) is 37.0.